The molecule has 4 heterocycles. The van der Waals surface area contributed by atoms with Gasteiger partial charge in [-0.3, -0.25) is 9.69 Å². The number of likely N-dealkylation sites (tertiary alicyclic amines) is 1. The number of aryl methyl sites for hydroxylation is 1. The fourth-order valence-corrected chi connectivity index (χ4v) is 4.06. The highest BCUT2D eigenvalue weighted by Crippen LogP contribution is 2.33. The molecule has 1 N–H and O–H groups in total. The molecular weight excluding hydrogens is 334 g/mol. The Labute approximate surface area is 152 Å². The summed E-state index contributed by atoms with van der Waals surface area (Å²) in [5.74, 6) is 0.0111. The van der Waals surface area contributed by atoms with E-state index in [2.05, 4.69) is 25.3 Å². The van der Waals surface area contributed by atoms with Crippen LogP contribution in [0, 0.1) is 5.41 Å². The quantitative estimate of drug-likeness (QED) is 0.847. The fourth-order valence-electron chi connectivity index (χ4n) is 4.06. The molecule has 2 aliphatic heterocycles. The molecule has 1 atom stereocenters. The molecular formula is C17H25N7O2. The number of aromatic amines is 1. The van der Waals surface area contributed by atoms with Crippen molar-refractivity contribution in [1.82, 2.24) is 34.8 Å². The van der Waals surface area contributed by atoms with E-state index in [9.17, 15) is 4.79 Å². The third-order valence-corrected chi connectivity index (χ3v) is 5.24. The van der Waals surface area contributed by atoms with Crippen molar-refractivity contribution < 1.29 is 9.53 Å². The van der Waals surface area contributed by atoms with Crippen molar-refractivity contribution in [3.8, 4) is 0 Å². The number of amides is 1. The van der Waals surface area contributed by atoms with Gasteiger partial charge in [0.25, 0.3) is 5.91 Å². The first-order valence-electron chi connectivity index (χ1n) is 9.06. The summed E-state index contributed by atoms with van der Waals surface area (Å²) in [6, 6.07) is 0. The predicted molar refractivity (Wildman–Crippen MR) is 93.3 cm³/mol. The minimum absolute atomic E-state index is 0.0111. The maximum Gasteiger partial charge on any atom is 0.274 e. The normalized spacial score (nSPS) is 24.7. The monoisotopic (exact) mass is 359 g/mol. The second-order valence-corrected chi connectivity index (χ2v) is 7.48. The number of nitrogens with zero attached hydrogens (tertiary/aromatic N) is 6. The zero-order valence-electron chi connectivity index (χ0n) is 15.1. The van der Waals surface area contributed by atoms with Crippen LogP contribution in [0.5, 0.6) is 0 Å². The van der Waals surface area contributed by atoms with Crippen LogP contribution in [-0.4, -0.2) is 80.1 Å². The highest BCUT2D eigenvalue weighted by molar-refractivity contribution is 5.92. The van der Waals surface area contributed by atoms with Crippen molar-refractivity contribution in [1.29, 1.82) is 0 Å². The fraction of sp³-hybridized carbons (Fsp3) is 0.647. The van der Waals surface area contributed by atoms with E-state index in [1.165, 1.54) is 0 Å². The molecule has 1 spiro atoms. The minimum Gasteiger partial charge on any atom is -0.379 e. The molecule has 9 heteroatoms. The number of ether oxygens (including phenoxy) is 1. The van der Waals surface area contributed by atoms with Crippen molar-refractivity contribution in [3.63, 3.8) is 0 Å². The van der Waals surface area contributed by atoms with Crippen LogP contribution in [0.1, 0.15) is 29.0 Å². The van der Waals surface area contributed by atoms with E-state index in [1.54, 1.807) is 23.3 Å². The van der Waals surface area contributed by atoms with Gasteiger partial charge in [0.15, 0.2) is 0 Å². The number of hydrogen-bond donors (Lipinski definition) is 1. The lowest BCUT2D eigenvalue weighted by Gasteiger charge is -2.43. The molecule has 2 saturated heterocycles. The topological polar surface area (TPSA) is 92.2 Å². The van der Waals surface area contributed by atoms with Crippen molar-refractivity contribution in [2.24, 2.45) is 12.5 Å². The summed E-state index contributed by atoms with van der Waals surface area (Å²) in [5, 5.41) is 10.7. The summed E-state index contributed by atoms with van der Waals surface area (Å²) in [4.78, 5) is 21.4. The number of rotatable bonds is 3. The molecule has 0 aliphatic carbocycles. The maximum absolute atomic E-state index is 12.8. The van der Waals surface area contributed by atoms with Gasteiger partial charge in [-0.05, 0) is 12.8 Å². The number of hydrogen-bond acceptors (Lipinski definition) is 6. The number of nitrogens with one attached hydrogen (secondary N) is 1. The molecule has 0 unspecified atom stereocenters. The summed E-state index contributed by atoms with van der Waals surface area (Å²) < 4.78 is 7.74. The minimum atomic E-state index is -0.0388. The van der Waals surface area contributed by atoms with E-state index in [1.807, 2.05) is 11.9 Å². The third-order valence-electron chi connectivity index (χ3n) is 5.24. The highest BCUT2D eigenvalue weighted by atomic mass is 16.5. The van der Waals surface area contributed by atoms with Gasteiger partial charge in [0.2, 0.25) is 0 Å². The van der Waals surface area contributed by atoms with Crippen LogP contribution >= 0.6 is 0 Å². The van der Waals surface area contributed by atoms with Gasteiger partial charge in [0, 0.05) is 51.4 Å². The van der Waals surface area contributed by atoms with Crippen LogP contribution in [0.3, 0.4) is 0 Å². The predicted octanol–water partition coefficient (Wildman–Crippen LogP) is 0.293. The molecule has 0 bridgehead atoms. The van der Waals surface area contributed by atoms with E-state index < -0.39 is 0 Å². The Bertz CT molecular complexity index is 744. The maximum atomic E-state index is 12.8. The number of carbonyl (C=O) groups is 1. The highest BCUT2D eigenvalue weighted by Gasteiger charge is 2.40. The summed E-state index contributed by atoms with van der Waals surface area (Å²) in [6.45, 7) is 5.38. The van der Waals surface area contributed by atoms with Gasteiger partial charge in [-0.1, -0.05) is 0 Å². The number of H-pyrrole nitrogens is 1. The summed E-state index contributed by atoms with van der Waals surface area (Å²) in [5.41, 5.74) is 1.40. The van der Waals surface area contributed by atoms with Gasteiger partial charge in [-0.25, -0.2) is 4.98 Å². The van der Waals surface area contributed by atoms with E-state index in [-0.39, 0.29) is 11.3 Å². The van der Waals surface area contributed by atoms with Crippen LogP contribution in [0.2, 0.25) is 0 Å². The molecule has 2 aromatic heterocycles. The Kier molecular flexibility index (Phi) is 4.73. The van der Waals surface area contributed by atoms with Gasteiger partial charge in [-0.15, -0.1) is 0 Å². The van der Waals surface area contributed by atoms with Crippen LogP contribution < -0.4 is 0 Å². The lowest BCUT2D eigenvalue weighted by atomic mass is 9.80. The van der Waals surface area contributed by atoms with E-state index in [0.29, 0.717) is 25.5 Å². The molecule has 4 rings (SSSR count). The van der Waals surface area contributed by atoms with Crippen molar-refractivity contribution in [3.05, 3.63) is 30.1 Å². The first-order valence-corrected chi connectivity index (χ1v) is 9.06. The molecule has 2 fully saturated rings. The van der Waals surface area contributed by atoms with Crippen molar-refractivity contribution >= 4 is 5.91 Å². The van der Waals surface area contributed by atoms with Gasteiger partial charge in [-0.2, -0.15) is 15.4 Å². The van der Waals surface area contributed by atoms with Crippen LogP contribution in [0.15, 0.2) is 18.7 Å². The molecule has 0 radical (unpaired) electrons. The molecule has 9 nitrogen and oxygen atoms in total. The lowest BCUT2D eigenvalue weighted by molar-refractivity contribution is 0.00668. The first kappa shape index (κ1) is 17.2. The summed E-state index contributed by atoms with van der Waals surface area (Å²) in [7, 11) is 1.88. The number of imidazole rings is 1. The number of piperidine rings is 1. The van der Waals surface area contributed by atoms with E-state index in [0.717, 1.165) is 44.7 Å². The second kappa shape index (κ2) is 7.16. The third kappa shape index (κ3) is 3.63. The van der Waals surface area contributed by atoms with Gasteiger partial charge >= 0.3 is 0 Å². The van der Waals surface area contributed by atoms with Gasteiger partial charge in [0.05, 0.1) is 31.4 Å². The smallest absolute Gasteiger partial charge is 0.274 e. The molecule has 1 amide bonds. The van der Waals surface area contributed by atoms with Crippen LogP contribution in [-0.2, 0) is 18.3 Å². The average Bonchev–Trinajstić information content (AvgIpc) is 3.26. The molecule has 2 aromatic rings. The van der Waals surface area contributed by atoms with Crippen molar-refractivity contribution in [2.75, 3.05) is 39.4 Å². The molecule has 140 valence electrons. The Morgan fingerprint density at radius 2 is 2.31 bits per heavy atom. The zero-order valence-corrected chi connectivity index (χ0v) is 15.1. The van der Waals surface area contributed by atoms with Crippen LogP contribution in [0.25, 0.3) is 0 Å². The SMILES string of the molecule is Cn1cnc(C(=O)N2CCC[C@]3(COCCN(Cc4cn[nH]n4)C3)C2)c1. The van der Waals surface area contributed by atoms with Crippen molar-refractivity contribution in [2.45, 2.75) is 19.4 Å². The Hall–Kier alpha value is -2.26. The van der Waals surface area contributed by atoms with E-state index in [4.69, 9.17) is 4.74 Å². The van der Waals surface area contributed by atoms with Gasteiger partial charge < -0.3 is 14.2 Å². The van der Waals surface area contributed by atoms with Crippen LogP contribution in [0.4, 0.5) is 0 Å². The lowest BCUT2D eigenvalue weighted by Crippen LogP contribution is -2.52. The summed E-state index contributed by atoms with van der Waals surface area (Å²) >= 11 is 0. The molecule has 0 saturated carbocycles. The largest absolute Gasteiger partial charge is 0.379 e. The standard InChI is InChI=1S/C17H25N7O2/c1-22-9-15(18-13-22)16(25)24-4-2-3-17(11-24)10-23(5-6-26-12-17)8-14-7-19-21-20-14/h7,9,13H,2-6,8,10-12H2,1H3,(H,19,20,21)/t17-/m1/s1. The second-order valence-electron chi connectivity index (χ2n) is 7.48. The molecule has 26 heavy (non-hydrogen) atoms. The Balaban J connectivity index is 1.47. The molecule has 2 aliphatic rings. The number of carbonyl (C=O) groups excluding carboxylic acids is 1. The van der Waals surface area contributed by atoms with Gasteiger partial charge in [0.1, 0.15) is 5.69 Å². The first-order chi connectivity index (χ1) is 12.6. The Morgan fingerprint density at radius 1 is 1.38 bits per heavy atom. The average molecular weight is 359 g/mol. The van der Waals surface area contributed by atoms with E-state index >= 15 is 0 Å². The Morgan fingerprint density at radius 3 is 3.08 bits per heavy atom. The molecule has 0 aromatic carbocycles. The summed E-state index contributed by atoms with van der Waals surface area (Å²) in [6.07, 6.45) is 7.26. The number of aromatic nitrogens is 5. The zero-order chi connectivity index (χ0) is 18.0.